The van der Waals surface area contributed by atoms with Crippen LogP contribution in [0.1, 0.15) is 39.5 Å². The normalized spacial score (nSPS) is 26.8. The number of rotatable bonds is 6. The smallest absolute Gasteiger partial charge is 0.323 e. The first-order chi connectivity index (χ1) is 10.7. The summed E-state index contributed by atoms with van der Waals surface area (Å²) in [5.74, 6) is 0.111. The Morgan fingerprint density at radius 2 is 1.45 bits per heavy atom. The lowest BCUT2D eigenvalue weighted by atomic mass is 9.97. The molecule has 0 amide bonds. The first-order valence-electron chi connectivity index (χ1n) is 8.47. The van der Waals surface area contributed by atoms with Crippen molar-refractivity contribution in [3.05, 3.63) is 0 Å². The summed E-state index contributed by atoms with van der Waals surface area (Å²) in [6.45, 7) is 7.16. The quantitative estimate of drug-likeness (QED) is 0.737. The molecule has 1 N–H and O–H groups in total. The molecule has 6 heteroatoms. The molecule has 2 rings (SSSR count). The number of piperidine rings is 1. The Labute approximate surface area is 132 Å². The summed E-state index contributed by atoms with van der Waals surface area (Å²) in [6, 6.07) is -0.603. The van der Waals surface area contributed by atoms with E-state index in [1.165, 1.54) is 0 Å². The zero-order valence-electron chi connectivity index (χ0n) is 13.7. The summed E-state index contributed by atoms with van der Waals surface area (Å²) < 4.78 is 10.4. The van der Waals surface area contributed by atoms with Gasteiger partial charge in [0.2, 0.25) is 0 Å². The molecule has 2 heterocycles. The highest BCUT2D eigenvalue weighted by Crippen LogP contribution is 2.29. The second-order valence-electron chi connectivity index (χ2n) is 6.00. The van der Waals surface area contributed by atoms with Gasteiger partial charge in [0.05, 0.1) is 13.2 Å². The Morgan fingerprint density at radius 3 is 1.91 bits per heavy atom. The van der Waals surface area contributed by atoms with E-state index >= 15 is 0 Å². The number of carbonyl (C=O) groups excluding carboxylic acids is 2. The monoisotopic (exact) mass is 312 g/mol. The molecule has 0 bridgehead atoms. The van der Waals surface area contributed by atoms with Gasteiger partial charge in [0.15, 0.2) is 0 Å². The summed E-state index contributed by atoms with van der Waals surface area (Å²) in [7, 11) is 0. The number of nitrogens with zero attached hydrogens (tertiary/aromatic N) is 1. The number of likely N-dealkylation sites (tertiary alicyclic amines) is 1. The number of esters is 2. The maximum atomic E-state index is 12.2. The van der Waals surface area contributed by atoms with Crippen LogP contribution in [0.4, 0.5) is 0 Å². The Hall–Kier alpha value is -1.14. The second-order valence-corrected chi connectivity index (χ2v) is 6.00. The van der Waals surface area contributed by atoms with Gasteiger partial charge in [-0.1, -0.05) is 0 Å². The predicted molar refractivity (Wildman–Crippen MR) is 82.4 cm³/mol. The van der Waals surface area contributed by atoms with Crippen molar-refractivity contribution in [2.45, 2.75) is 51.6 Å². The van der Waals surface area contributed by atoms with E-state index in [0.717, 1.165) is 32.5 Å². The van der Waals surface area contributed by atoms with Gasteiger partial charge < -0.3 is 14.8 Å². The summed E-state index contributed by atoms with van der Waals surface area (Å²) in [5.41, 5.74) is 0. The van der Waals surface area contributed by atoms with E-state index in [-0.39, 0.29) is 24.0 Å². The molecular formula is C16H28N2O4. The van der Waals surface area contributed by atoms with Crippen molar-refractivity contribution in [3.63, 3.8) is 0 Å². The molecule has 0 unspecified atom stereocenters. The number of hydrogen-bond donors (Lipinski definition) is 1. The molecule has 0 saturated carbocycles. The minimum absolute atomic E-state index is 0.205. The summed E-state index contributed by atoms with van der Waals surface area (Å²) >= 11 is 0. The van der Waals surface area contributed by atoms with Gasteiger partial charge in [-0.15, -0.1) is 0 Å². The lowest BCUT2D eigenvalue weighted by Gasteiger charge is -2.33. The fourth-order valence-electron chi connectivity index (χ4n) is 3.46. The van der Waals surface area contributed by atoms with Gasteiger partial charge in [-0.25, -0.2) is 0 Å². The van der Waals surface area contributed by atoms with Crippen molar-refractivity contribution in [3.8, 4) is 0 Å². The highest BCUT2D eigenvalue weighted by Gasteiger charge is 2.43. The minimum Gasteiger partial charge on any atom is -0.465 e. The first-order valence-corrected chi connectivity index (χ1v) is 8.47. The van der Waals surface area contributed by atoms with Crippen molar-refractivity contribution in [1.29, 1.82) is 0 Å². The molecule has 2 aliphatic heterocycles. The van der Waals surface area contributed by atoms with Crippen molar-refractivity contribution in [2.75, 3.05) is 32.8 Å². The zero-order chi connectivity index (χ0) is 15.9. The molecule has 0 spiro atoms. The third-order valence-corrected chi connectivity index (χ3v) is 4.56. The largest absolute Gasteiger partial charge is 0.465 e. The fourth-order valence-corrected chi connectivity index (χ4v) is 3.46. The Balaban J connectivity index is 2.05. The van der Waals surface area contributed by atoms with Crippen LogP contribution >= 0.6 is 0 Å². The molecule has 0 radical (unpaired) electrons. The maximum Gasteiger partial charge on any atom is 0.323 e. The van der Waals surface area contributed by atoms with Gasteiger partial charge in [0, 0.05) is 6.54 Å². The molecule has 0 aliphatic carbocycles. The standard InChI is InChI=1S/C16H28N2O4/c1-3-21-15(19)13-5-6-14(16(20)22-4-2)18(13)11-12-7-9-17-10-8-12/h12-14,17H,3-11H2,1-2H3/t13-,14-/m1/s1. The van der Waals surface area contributed by atoms with Crippen LogP contribution in [0.15, 0.2) is 0 Å². The average molecular weight is 312 g/mol. The van der Waals surface area contributed by atoms with Crippen LogP contribution < -0.4 is 5.32 Å². The number of hydrogen-bond acceptors (Lipinski definition) is 6. The third kappa shape index (κ3) is 4.20. The van der Waals surface area contributed by atoms with Gasteiger partial charge in [-0.3, -0.25) is 14.5 Å². The zero-order valence-corrected chi connectivity index (χ0v) is 13.7. The number of nitrogens with one attached hydrogen (secondary N) is 1. The molecule has 2 fully saturated rings. The van der Waals surface area contributed by atoms with Gasteiger partial charge in [-0.2, -0.15) is 0 Å². The van der Waals surface area contributed by atoms with Gasteiger partial charge in [0.25, 0.3) is 0 Å². The van der Waals surface area contributed by atoms with Gasteiger partial charge in [-0.05, 0) is 58.5 Å². The molecule has 2 aliphatic rings. The molecule has 2 atom stereocenters. The summed E-state index contributed by atoms with van der Waals surface area (Å²) in [5, 5.41) is 3.35. The fraction of sp³-hybridized carbons (Fsp3) is 0.875. The Morgan fingerprint density at radius 1 is 0.955 bits per heavy atom. The van der Waals surface area contributed by atoms with E-state index in [0.29, 0.717) is 32.0 Å². The van der Waals surface area contributed by atoms with Gasteiger partial charge >= 0.3 is 11.9 Å². The number of ether oxygens (including phenoxy) is 2. The van der Waals surface area contributed by atoms with Crippen molar-refractivity contribution >= 4 is 11.9 Å². The molecule has 0 aromatic rings. The Bertz CT molecular complexity index is 356. The van der Waals surface area contributed by atoms with Crippen LogP contribution in [0.5, 0.6) is 0 Å². The molecule has 2 saturated heterocycles. The first kappa shape index (κ1) is 17.2. The number of carbonyl (C=O) groups is 2. The van der Waals surface area contributed by atoms with E-state index in [9.17, 15) is 9.59 Å². The Kier molecular flexibility index (Phi) is 6.64. The molecule has 22 heavy (non-hydrogen) atoms. The highest BCUT2D eigenvalue weighted by atomic mass is 16.5. The van der Waals surface area contributed by atoms with E-state index < -0.39 is 0 Å². The highest BCUT2D eigenvalue weighted by molar-refractivity contribution is 5.81. The molecule has 0 aromatic heterocycles. The second kappa shape index (κ2) is 8.48. The topological polar surface area (TPSA) is 67.9 Å². The predicted octanol–water partition coefficient (Wildman–Crippen LogP) is 0.945. The van der Waals surface area contributed by atoms with Crippen LogP contribution in [-0.4, -0.2) is 61.8 Å². The van der Waals surface area contributed by atoms with E-state index in [4.69, 9.17) is 9.47 Å². The van der Waals surface area contributed by atoms with Crippen LogP contribution in [0, 0.1) is 5.92 Å². The summed E-state index contributed by atoms with van der Waals surface area (Å²) in [4.78, 5) is 26.4. The SMILES string of the molecule is CCOC(=O)[C@H]1CC[C@H](C(=O)OCC)N1CC1CCNCC1. The van der Waals surface area contributed by atoms with Crippen LogP contribution in [0.2, 0.25) is 0 Å². The van der Waals surface area contributed by atoms with E-state index in [1.807, 2.05) is 18.7 Å². The molecule has 126 valence electrons. The minimum atomic E-state index is -0.302. The van der Waals surface area contributed by atoms with Crippen molar-refractivity contribution in [1.82, 2.24) is 10.2 Å². The summed E-state index contributed by atoms with van der Waals surface area (Å²) in [6.07, 6.45) is 3.52. The lowest BCUT2D eigenvalue weighted by Crippen LogP contribution is -2.48. The average Bonchev–Trinajstić information content (AvgIpc) is 2.92. The van der Waals surface area contributed by atoms with Gasteiger partial charge in [0.1, 0.15) is 12.1 Å². The third-order valence-electron chi connectivity index (χ3n) is 4.56. The molecular weight excluding hydrogens is 284 g/mol. The molecule has 0 aromatic carbocycles. The van der Waals surface area contributed by atoms with Crippen molar-refractivity contribution < 1.29 is 19.1 Å². The maximum absolute atomic E-state index is 12.2. The van der Waals surface area contributed by atoms with Crippen LogP contribution in [0.25, 0.3) is 0 Å². The van der Waals surface area contributed by atoms with E-state index in [1.54, 1.807) is 0 Å². The van der Waals surface area contributed by atoms with Crippen molar-refractivity contribution in [2.24, 2.45) is 5.92 Å². The van der Waals surface area contributed by atoms with Crippen LogP contribution in [-0.2, 0) is 19.1 Å². The molecule has 6 nitrogen and oxygen atoms in total. The van der Waals surface area contributed by atoms with Crippen LogP contribution in [0.3, 0.4) is 0 Å². The lowest BCUT2D eigenvalue weighted by molar-refractivity contribution is -0.153. The van der Waals surface area contributed by atoms with E-state index in [2.05, 4.69) is 5.32 Å².